The van der Waals surface area contributed by atoms with E-state index in [0.29, 0.717) is 42.2 Å². The fourth-order valence-electron chi connectivity index (χ4n) is 5.34. The number of para-hydroxylation sites is 1. The van der Waals surface area contributed by atoms with Gasteiger partial charge in [-0.05, 0) is 48.4 Å². The number of aromatic nitrogens is 4. The Morgan fingerprint density at radius 2 is 1.93 bits per heavy atom. The second-order valence-corrected chi connectivity index (χ2v) is 10.3. The fourth-order valence-corrected chi connectivity index (χ4v) is 5.34. The minimum Gasteiger partial charge on any atom is -0.494 e. The van der Waals surface area contributed by atoms with Crippen LogP contribution in [0.4, 0.5) is 4.39 Å². The molecule has 0 unspecified atom stereocenters. The maximum absolute atomic E-state index is 14.0. The van der Waals surface area contributed by atoms with Gasteiger partial charge in [0, 0.05) is 56.9 Å². The number of amides is 1. The summed E-state index contributed by atoms with van der Waals surface area (Å²) >= 11 is 0. The van der Waals surface area contributed by atoms with Crippen molar-refractivity contribution in [3.63, 3.8) is 0 Å². The van der Waals surface area contributed by atoms with Crippen molar-refractivity contribution in [2.75, 3.05) is 33.9 Å². The minimum absolute atomic E-state index is 0.0174. The van der Waals surface area contributed by atoms with Crippen molar-refractivity contribution in [2.24, 2.45) is 11.7 Å². The van der Waals surface area contributed by atoms with Crippen LogP contribution >= 0.6 is 0 Å². The Morgan fingerprint density at radius 1 is 1.14 bits per heavy atom. The Morgan fingerprint density at radius 3 is 2.63 bits per heavy atom. The van der Waals surface area contributed by atoms with Crippen LogP contribution in [0.5, 0.6) is 5.75 Å². The minimum atomic E-state index is -0.703. The number of nitrogens with zero attached hydrogens (tertiary/aromatic N) is 5. The first-order chi connectivity index (χ1) is 20.8. The van der Waals surface area contributed by atoms with Gasteiger partial charge in [-0.1, -0.05) is 18.2 Å². The molecule has 1 amide bonds. The summed E-state index contributed by atoms with van der Waals surface area (Å²) < 4.78 is 26.3. The quantitative estimate of drug-likeness (QED) is 0.246. The zero-order valence-electron chi connectivity index (χ0n) is 24.2. The van der Waals surface area contributed by atoms with E-state index >= 15 is 0 Å². The van der Waals surface area contributed by atoms with Crippen molar-refractivity contribution < 1.29 is 28.3 Å². The van der Waals surface area contributed by atoms with E-state index in [1.165, 1.54) is 25.6 Å². The lowest BCUT2D eigenvalue weighted by Gasteiger charge is -2.17. The summed E-state index contributed by atoms with van der Waals surface area (Å²) in [5, 5.41) is 6.62. The normalized spacial score (nSPS) is 16.8. The van der Waals surface area contributed by atoms with Crippen molar-refractivity contribution in [2.45, 2.75) is 25.9 Å². The van der Waals surface area contributed by atoms with Crippen LogP contribution in [0.25, 0.3) is 16.9 Å². The topological polar surface area (TPSA) is 135 Å². The molecule has 0 bridgehead atoms. The predicted molar refractivity (Wildman–Crippen MR) is 155 cm³/mol. The van der Waals surface area contributed by atoms with Crippen molar-refractivity contribution in [1.82, 2.24) is 24.8 Å². The molecule has 1 aliphatic rings. The van der Waals surface area contributed by atoms with Gasteiger partial charge in [0.15, 0.2) is 11.4 Å². The van der Waals surface area contributed by atoms with Gasteiger partial charge >= 0.3 is 0 Å². The maximum Gasteiger partial charge on any atom is 0.271 e. The lowest BCUT2D eigenvalue weighted by Crippen LogP contribution is -2.24. The second kappa shape index (κ2) is 13.2. The van der Waals surface area contributed by atoms with Crippen molar-refractivity contribution in [3.05, 3.63) is 89.4 Å². The Kier molecular flexibility index (Phi) is 9.19. The van der Waals surface area contributed by atoms with E-state index in [2.05, 4.69) is 9.97 Å². The standard InChI is InChI=1S/C31H33FN6O5/c1-19-25(16-24(39)13-22-18-37(11-12-41-2)43-30(22)20-9-10-34-27(32)15-20)38(23-7-5-4-6-8-23)36-28(19)21-14-26(42-3)29(31(33)40)35-17-21/h4-10,14-15,17,22,30H,11-13,16,18H2,1-3H3,(H2,33,40)/t22-,30+/m1/s1. The van der Waals surface area contributed by atoms with Crippen molar-refractivity contribution in [3.8, 4) is 22.7 Å². The third-order valence-corrected chi connectivity index (χ3v) is 7.43. The van der Waals surface area contributed by atoms with E-state index in [4.69, 9.17) is 25.1 Å². The first-order valence-corrected chi connectivity index (χ1v) is 13.8. The van der Waals surface area contributed by atoms with Crippen molar-refractivity contribution >= 4 is 11.7 Å². The molecule has 12 heteroatoms. The fraction of sp³-hybridized carbons (Fsp3) is 0.323. The number of ether oxygens (including phenoxy) is 2. The Bertz CT molecular complexity index is 1610. The number of benzene rings is 1. The maximum atomic E-state index is 14.0. The van der Waals surface area contributed by atoms with Gasteiger partial charge in [-0.3, -0.25) is 14.4 Å². The lowest BCUT2D eigenvalue weighted by atomic mass is 9.91. The molecule has 2 N–H and O–H groups in total. The largest absolute Gasteiger partial charge is 0.494 e. The van der Waals surface area contributed by atoms with E-state index in [9.17, 15) is 14.0 Å². The number of pyridine rings is 2. The molecule has 3 aromatic heterocycles. The summed E-state index contributed by atoms with van der Waals surface area (Å²) in [5.41, 5.74) is 9.57. The highest BCUT2D eigenvalue weighted by Crippen LogP contribution is 2.37. The second-order valence-electron chi connectivity index (χ2n) is 10.3. The number of nitrogens with two attached hydrogens (primary N) is 1. The number of Topliss-reactive ketones (excluding diaryl/α,β-unsaturated/α-hetero) is 1. The molecule has 4 heterocycles. The average Bonchev–Trinajstić information content (AvgIpc) is 3.56. The summed E-state index contributed by atoms with van der Waals surface area (Å²) in [6.45, 7) is 3.35. The van der Waals surface area contributed by atoms with Crippen LogP contribution in [0.15, 0.2) is 60.9 Å². The third-order valence-electron chi connectivity index (χ3n) is 7.43. The molecule has 2 atom stereocenters. The van der Waals surface area contributed by atoms with Crippen LogP contribution in [0.3, 0.4) is 0 Å². The molecule has 4 aromatic rings. The zero-order valence-corrected chi connectivity index (χ0v) is 24.2. The molecule has 224 valence electrons. The van der Waals surface area contributed by atoms with Gasteiger partial charge in [-0.15, -0.1) is 0 Å². The molecular formula is C31H33FN6O5. The van der Waals surface area contributed by atoms with E-state index in [-0.39, 0.29) is 36.0 Å². The van der Waals surface area contributed by atoms with Crippen LogP contribution < -0.4 is 10.5 Å². The van der Waals surface area contributed by atoms with E-state index < -0.39 is 18.0 Å². The van der Waals surface area contributed by atoms with Gasteiger partial charge < -0.3 is 15.2 Å². The number of rotatable bonds is 12. The number of hydrogen-bond acceptors (Lipinski definition) is 9. The van der Waals surface area contributed by atoms with Crippen LogP contribution in [-0.2, 0) is 20.8 Å². The number of carbonyl (C=O) groups is 2. The van der Waals surface area contributed by atoms with Gasteiger partial charge in [-0.25, -0.2) is 14.6 Å². The molecule has 1 aromatic carbocycles. The van der Waals surface area contributed by atoms with E-state index in [1.54, 1.807) is 29.0 Å². The molecule has 1 fully saturated rings. The summed E-state index contributed by atoms with van der Waals surface area (Å²) in [6.07, 6.45) is 2.71. The number of hydroxylamine groups is 2. The van der Waals surface area contributed by atoms with Gasteiger partial charge in [0.2, 0.25) is 5.95 Å². The summed E-state index contributed by atoms with van der Waals surface area (Å²) in [6, 6.07) is 14.2. The molecule has 5 rings (SSSR count). The van der Waals surface area contributed by atoms with Gasteiger partial charge in [0.05, 0.1) is 30.8 Å². The molecular weight excluding hydrogens is 555 g/mol. The highest BCUT2D eigenvalue weighted by Gasteiger charge is 2.37. The third kappa shape index (κ3) is 6.61. The summed E-state index contributed by atoms with van der Waals surface area (Å²) in [5.74, 6) is -1.31. The highest BCUT2D eigenvalue weighted by atomic mass is 19.1. The average molecular weight is 589 g/mol. The number of methoxy groups -OCH3 is 2. The number of hydrogen-bond donors (Lipinski definition) is 1. The number of carbonyl (C=O) groups excluding carboxylic acids is 2. The smallest absolute Gasteiger partial charge is 0.271 e. The first-order valence-electron chi connectivity index (χ1n) is 13.8. The van der Waals surface area contributed by atoms with E-state index in [1.807, 2.05) is 37.3 Å². The Balaban J connectivity index is 1.46. The molecule has 1 aliphatic heterocycles. The Hall–Kier alpha value is -4.52. The molecule has 0 spiro atoms. The SMILES string of the molecule is COCCN1C[C@@H](CC(=O)Cc2c(C)c(-c3cnc(C(N)=O)c(OC)c3)nn2-c2ccccc2)[C@H](c2ccnc(F)c2)O1. The molecule has 11 nitrogen and oxygen atoms in total. The molecule has 0 radical (unpaired) electrons. The van der Waals surface area contributed by atoms with Gasteiger partial charge in [0.25, 0.3) is 5.91 Å². The van der Waals surface area contributed by atoms with Gasteiger partial charge in [-0.2, -0.15) is 14.6 Å². The molecule has 1 saturated heterocycles. The number of ketones is 1. The number of halogens is 1. The lowest BCUT2D eigenvalue weighted by molar-refractivity contribution is -0.155. The number of primary amides is 1. The molecule has 0 saturated carbocycles. The zero-order chi connectivity index (χ0) is 30.5. The van der Waals surface area contributed by atoms with Crippen LogP contribution in [0.2, 0.25) is 0 Å². The van der Waals surface area contributed by atoms with Crippen molar-refractivity contribution in [1.29, 1.82) is 0 Å². The molecule has 43 heavy (non-hydrogen) atoms. The van der Waals surface area contributed by atoms with E-state index in [0.717, 1.165) is 11.3 Å². The monoisotopic (exact) mass is 588 g/mol. The van der Waals surface area contributed by atoms with Gasteiger partial charge in [0.1, 0.15) is 11.9 Å². The first kappa shape index (κ1) is 30.0. The summed E-state index contributed by atoms with van der Waals surface area (Å²) in [4.78, 5) is 39.5. The Labute approximate surface area is 248 Å². The van der Waals surface area contributed by atoms with Crippen LogP contribution in [0, 0.1) is 18.8 Å². The predicted octanol–water partition coefficient (Wildman–Crippen LogP) is 3.64. The highest BCUT2D eigenvalue weighted by molar-refractivity contribution is 5.94. The van der Waals surface area contributed by atoms with Crippen LogP contribution in [-0.4, -0.2) is 70.4 Å². The van der Waals surface area contributed by atoms with Crippen LogP contribution in [0.1, 0.15) is 39.8 Å². The molecule has 0 aliphatic carbocycles. The summed E-state index contributed by atoms with van der Waals surface area (Å²) in [7, 11) is 3.04.